The molecular formula is C14H23BrN2S. The van der Waals surface area contributed by atoms with Crippen LogP contribution in [0.4, 0.5) is 0 Å². The van der Waals surface area contributed by atoms with E-state index in [4.69, 9.17) is 5.84 Å². The van der Waals surface area contributed by atoms with Crippen molar-refractivity contribution in [2.24, 2.45) is 11.8 Å². The van der Waals surface area contributed by atoms with Gasteiger partial charge in [-0.2, -0.15) is 0 Å². The Labute approximate surface area is 122 Å². The summed E-state index contributed by atoms with van der Waals surface area (Å²) in [6.45, 7) is 0. The lowest BCUT2D eigenvalue weighted by Gasteiger charge is -2.28. The summed E-state index contributed by atoms with van der Waals surface area (Å²) in [4.78, 5) is 1.42. The zero-order chi connectivity index (χ0) is 12.8. The van der Waals surface area contributed by atoms with Crippen molar-refractivity contribution in [3.8, 4) is 0 Å². The van der Waals surface area contributed by atoms with Gasteiger partial charge < -0.3 is 0 Å². The molecule has 1 fully saturated rings. The fraction of sp³-hybridized carbons (Fsp3) is 0.714. The maximum absolute atomic E-state index is 5.79. The molecule has 0 spiro atoms. The monoisotopic (exact) mass is 330 g/mol. The number of hydrazine groups is 1. The van der Waals surface area contributed by atoms with Gasteiger partial charge in [0.05, 0.1) is 3.79 Å². The molecule has 1 heterocycles. The first kappa shape index (κ1) is 14.5. The third kappa shape index (κ3) is 4.34. The first-order valence-electron chi connectivity index (χ1n) is 7.00. The first-order chi connectivity index (χ1) is 8.79. The summed E-state index contributed by atoms with van der Waals surface area (Å²) in [5.74, 6) is 6.54. The van der Waals surface area contributed by atoms with Crippen LogP contribution in [0.15, 0.2) is 15.9 Å². The number of hydrogen-bond donors (Lipinski definition) is 2. The van der Waals surface area contributed by atoms with Gasteiger partial charge in [0.25, 0.3) is 0 Å². The average Bonchev–Trinajstić information content (AvgIpc) is 2.72. The quantitative estimate of drug-likeness (QED) is 0.639. The molecule has 1 aromatic heterocycles. The second kappa shape index (κ2) is 7.63. The highest BCUT2D eigenvalue weighted by Gasteiger charge is 2.21. The number of halogens is 1. The van der Waals surface area contributed by atoms with Gasteiger partial charge in [-0.25, -0.2) is 0 Å². The highest BCUT2D eigenvalue weighted by atomic mass is 79.9. The largest absolute Gasteiger partial charge is 0.271 e. The second-order valence-electron chi connectivity index (χ2n) is 5.29. The van der Waals surface area contributed by atoms with Gasteiger partial charge in [0.15, 0.2) is 0 Å². The number of nitrogens with two attached hydrogens (primary N) is 1. The molecule has 102 valence electrons. The fourth-order valence-electron chi connectivity index (χ4n) is 2.93. The minimum absolute atomic E-state index is 0.439. The minimum atomic E-state index is 0.439. The van der Waals surface area contributed by atoms with Crippen LogP contribution < -0.4 is 11.3 Å². The molecule has 0 aliphatic heterocycles. The third-order valence-corrected chi connectivity index (χ3v) is 5.63. The van der Waals surface area contributed by atoms with Gasteiger partial charge in [-0.1, -0.05) is 32.1 Å². The molecule has 1 atom stereocenters. The van der Waals surface area contributed by atoms with Crippen LogP contribution in [0.25, 0.3) is 0 Å². The molecule has 1 unspecified atom stereocenters. The van der Waals surface area contributed by atoms with Crippen LogP contribution in [-0.4, -0.2) is 6.04 Å². The summed E-state index contributed by atoms with van der Waals surface area (Å²) in [5.41, 5.74) is 3.07. The third-order valence-electron chi connectivity index (χ3n) is 3.98. The molecule has 1 aliphatic carbocycles. The molecule has 0 bridgehead atoms. The maximum atomic E-state index is 5.79. The molecule has 0 saturated heterocycles. The zero-order valence-electron chi connectivity index (χ0n) is 10.8. The molecule has 4 heteroatoms. The van der Waals surface area contributed by atoms with Crippen LogP contribution in [0.3, 0.4) is 0 Å². The summed E-state index contributed by atoms with van der Waals surface area (Å²) < 4.78 is 1.21. The van der Waals surface area contributed by atoms with Gasteiger partial charge in [0.1, 0.15) is 0 Å². The number of nitrogens with one attached hydrogen (secondary N) is 1. The van der Waals surface area contributed by atoms with Crippen LogP contribution in [0.2, 0.25) is 0 Å². The van der Waals surface area contributed by atoms with Gasteiger partial charge in [-0.15, -0.1) is 11.3 Å². The Morgan fingerprint density at radius 2 is 1.89 bits per heavy atom. The SMILES string of the molecule is NNC(Cc1ccc(Br)s1)C1CCCCCCC1. The topological polar surface area (TPSA) is 38.0 Å². The van der Waals surface area contributed by atoms with Crippen molar-refractivity contribution in [1.29, 1.82) is 0 Å². The lowest BCUT2D eigenvalue weighted by molar-refractivity contribution is 0.286. The predicted molar refractivity (Wildman–Crippen MR) is 82.6 cm³/mol. The van der Waals surface area contributed by atoms with E-state index in [1.807, 2.05) is 11.3 Å². The van der Waals surface area contributed by atoms with E-state index in [9.17, 15) is 0 Å². The van der Waals surface area contributed by atoms with E-state index in [2.05, 4.69) is 33.5 Å². The van der Waals surface area contributed by atoms with Crippen molar-refractivity contribution < 1.29 is 0 Å². The van der Waals surface area contributed by atoms with Gasteiger partial charge in [-0.3, -0.25) is 11.3 Å². The first-order valence-corrected chi connectivity index (χ1v) is 8.61. The molecular weight excluding hydrogens is 308 g/mol. The second-order valence-corrected chi connectivity index (χ2v) is 7.84. The summed E-state index contributed by atoms with van der Waals surface area (Å²) >= 11 is 5.36. The Kier molecular flexibility index (Phi) is 6.15. The Bertz CT molecular complexity index is 345. The highest BCUT2D eigenvalue weighted by molar-refractivity contribution is 9.11. The summed E-state index contributed by atoms with van der Waals surface area (Å²) in [5, 5.41) is 0. The van der Waals surface area contributed by atoms with Crippen LogP contribution in [0, 0.1) is 5.92 Å². The van der Waals surface area contributed by atoms with Gasteiger partial charge in [0, 0.05) is 10.9 Å². The highest BCUT2D eigenvalue weighted by Crippen LogP contribution is 2.29. The van der Waals surface area contributed by atoms with Gasteiger partial charge >= 0.3 is 0 Å². The van der Waals surface area contributed by atoms with Crippen LogP contribution in [0.1, 0.15) is 49.8 Å². The zero-order valence-corrected chi connectivity index (χ0v) is 13.2. The van der Waals surface area contributed by atoms with Crippen molar-refractivity contribution >= 4 is 27.3 Å². The molecule has 3 N–H and O–H groups in total. The molecule has 1 aliphatic rings. The maximum Gasteiger partial charge on any atom is 0.0701 e. The Morgan fingerprint density at radius 3 is 2.44 bits per heavy atom. The Balaban J connectivity index is 1.93. The Morgan fingerprint density at radius 1 is 1.22 bits per heavy atom. The van der Waals surface area contributed by atoms with Crippen molar-refractivity contribution in [2.75, 3.05) is 0 Å². The van der Waals surface area contributed by atoms with Crippen molar-refractivity contribution in [3.63, 3.8) is 0 Å². The average molecular weight is 331 g/mol. The van der Waals surface area contributed by atoms with E-state index < -0.39 is 0 Å². The van der Waals surface area contributed by atoms with Crippen LogP contribution in [0.5, 0.6) is 0 Å². The van der Waals surface area contributed by atoms with E-state index in [1.165, 1.54) is 53.6 Å². The number of thiophene rings is 1. The molecule has 18 heavy (non-hydrogen) atoms. The standard InChI is InChI=1S/C14H23BrN2S/c15-14-9-8-12(18-14)10-13(17-16)11-6-4-2-1-3-5-7-11/h8-9,11,13,17H,1-7,10,16H2. The van der Waals surface area contributed by atoms with Crippen molar-refractivity contribution in [3.05, 3.63) is 20.8 Å². The summed E-state index contributed by atoms with van der Waals surface area (Å²) in [6.07, 6.45) is 10.7. The molecule has 2 nitrogen and oxygen atoms in total. The molecule has 0 aromatic carbocycles. The van der Waals surface area contributed by atoms with Gasteiger partial charge in [0.2, 0.25) is 0 Å². The molecule has 0 radical (unpaired) electrons. The van der Waals surface area contributed by atoms with E-state index in [1.54, 1.807) is 0 Å². The van der Waals surface area contributed by atoms with Crippen molar-refractivity contribution in [1.82, 2.24) is 5.43 Å². The normalized spacial score (nSPS) is 20.3. The predicted octanol–water partition coefficient (Wildman–Crippen LogP) is 4.25. The van der Waals surface area contributed by atoms with E-state index in [0.29, 0.717) is 6.04 Å². The van der Waals surface area contributed by atoms with Crippen molar-refractivity contribution in [2.45, 2.75) is 57.4 Å². The minimum Gasteiger partial charge on any atom is -0.271 e. The van der Waals surface area contributed by atoms with E-state index >= 15 is 0 Å². The summed E-state index contributed by atoms with van der Waals surface area (Å²) in [7, 11) is 0. The number of rotatable bonds is 4. The van der Waals surface area contributed by atoms with Gasteiger partial charge in [-0.05, 0) is 53.2 Å². The van der Waals surface area contributed by atoms with Crippen LogP contribution in [-0.2, 0) is 6.42 Å². The molecule has 1 aromatic rings. The lowest BCUT2D eigenvalue weighted by atomic mass is 9.84. The molecule has 1 saturated carbocycles. The molecule has 0 amide bonds. The van der Waals surface area contributed by atoms with E-state index in [0.717, 1.165) is 12.3 Å². The molecule has 2 rings (SSSR count). The fourth-order valence-corrected chi connectivity index (χ4v) is 4.47. The van der Waals surface area contributed by atoms with E-state index in [-0.39, 0.29) is 0 Å². The van der Waals surface area contributed by atoms with Crippen LogP contribution >= 0.6 is 27.3 Å². The smallest absolute Gasteiger partial charge is 0.0701 e. The summed E-state index contributed by atoms with van der Waals surface area (Å²) in [6, 6.07) is 4.78. The number of hydrogen-bond acceptors (Lipinski definition) is 3. The Hall–Kier alpha value is 0.1000. The lowest BCUT2D eigenvalue weighted by Crippen LogP contribution is -2.42.